The van der Waals surface area contributed by atoms with Crippen LogP contribution in [0.3, 0.4) is 0 Å². The maximum Gasteiger partial charge on any atom is 0.282 e. The van der Waals surface area contributed by atoms with Gasteiger partial charge in [-0.2, -0.15) is 13.5 Å². The lowest BCUT2D eigenvalue weighted by molar-refractivity contribution is 0.598. The lowest BCUT2D eigenvalue weighted by Gasteiger charge is -2.07. The standard InChI is InChI=1S/C13H13ClN6O2S/c1-8-16-12(18-17-8)9-4-3-5-10(6-9)19-23(21,22)13-11(14)20(2)7-15-13/h3-7,19H,1-2H3,(H,16,17,18). The van der Waals surface area contributed by atoms with Crippen molar-refractivity contribution in [3.05, 3.63) is 41.6 Å². The molecule has 2 heterocycles. The number of benzene rings is 1. The molecule has 0 atom stereocenters. The molecule has 3 rings (SSSR count). The number of halogens is 1. The second-order valence-corrected chi connectivity index (χ2v) is 6.84. The van der Waals surface area contributed by atoms with E-state index in [1.807, 2.05) is 0 Å². The molecule has 2 N–H and O–H groups in total. The normalized spacial score (nSPS) is 11.6. The van der Waals surface area contributed by atoms with E-state index in [2.05, 4.69) is 24.9 Å². The number of hydrogen-bond donors (Lipinski definition) is 2. The Hall–Kier alpha value is -2.39. The Morgan fingerprint density at radius 1 is 1.35 bits per heavy atom. The highest BCUT2D eigenvalue weighted by Crippen LogP contribution is 2.24. The van der Waals surface area contributed by atoms with Crippen molar-refractivity contribution in [3.63, 3.8) is 0 Å². The molecule has 0 fully saturated rings. The number of sulfonamides is 1. The minimum Gasteiger partial charge on any atom is -0.324 e. The van der Waals surface area contributed by atoms with Crippen molar-refractivity contribution in [3.8, 4) is 11.4 Å². The van der Waals surface area contributed by atoms with Crippen LogP contribution in [0.15, 0.2) is 35.6 Å². The minimum absolute atomic E-state index is 0.0400. The SMILES string of the molecule is Cc1nc(-c2cccc(NS(=O)(=O)c3ncn(C)c3Cl)c2)n[nH]1. The summed E-state index contributed by atoms with van der Waals surface area (Å²) in [6.45, 7) is 1.78. The number of H-pyrrole nitrogens is 1. The molecule has 1 aromatic carbocycles. The number of imidazole rings is 1. The predicted molar refractivity (Wildman–Crippen MR) is 85.6 cm³/mol. The molecule has 0 spiro atoms. The van der Waals surface area contributed by atoms with E-state index >= 15 is 0 Å². The monoisotopic (exact) mass is 352 g/mol. The Balaban J connectivity index is 1.93. The summed E-state index contributed by atoms with van der Waals surface area (Å²) in [5.41, 5.74) is 1.05. The molecule has 10 heteroatoms. The molecule has 2 aromatic heterocycles. The van der Waals surface area contributed by atoms with E-state index in [0.717, 1.165) is 0 Å². The molecule has 120 valence electrons. The summed E-state index contributed by atoms with van der Waals surface area (Å²) in [6.07, 6.45) is 1.34. The number of hydrogen-bond acceptors (Lipinski definition) is 5. The Bertz CT molecular complexity index is 963. The average Bonchev–Trinajstić information content (AvgIpc) is 3.06. The summed E-state index contributed by atoms with van der Waals surface area (Å²) in [6, 6.07) is 6.75. The van der Waals surface area contributed by atoms with Gasteiger partial charge in [-0.3, -0.25) is 9.82 Å². The number of anilines is 1. The molecular formula is C13H13ClN6O2S. The van der Waals surface area contributed by atoms with E-state index in [-0.39, 0.29) is 10.2 Å². The van der Waals surface area contributed by atoms with Gasteiger partial charge in [-0.25, -0.2) is 9.97 Å². The van der Waals surface area contributed by atoms with Gasteiger partial charge in [0.25, 0.3) is 10.0 Å². The fourth-order valence-corrected chi connectivity index (χ4v) is 3.45. The van der Waals surface area contributed by atoms with Gasteiger partial charge < -0.3 is 4.57 Å². The summed E-state index contributed by atoms with van der Waals surface area (Å²) in [5, 5.41) is 6.61. The van der Waals surface area contributed by atoms with E-state index in [0.29, 0.717) is 22.9 Å². The van der Waals surface area contributed by atoms with Crippen LogP contribution in [-0.2, 0) is 17.1 Å². The van der Waals surface area contributed by atoms with Crippen molar-refractivity contribution < 1.29 is 8.42 Å². The van der Waals surface area contributed by atoms with E-state index < -0.39 is 10.0 Å². The van der Waals surface area contributed by atoms with Crippen molar-refractivity contribution in [2.75, 3.05) is 4.72 Å². The summed E-state index contributed by atoms with van der Waals surface area (Å²) in [4.78, 5) is 8.03. The molecule has 0 radical (unpaired) electrons. The van der Waals surface area contributed by atoms with Crippen molar-refractivity contribution in [2.45, 2.75) is 11.9 Å². The van der Waals surface area contributed by atoms with Crippen molar-refractivity contribution >= 4 is 27.3 Å². The topological polar surface area (TPSA) is 106 Å². The van der Waals surface area contributed by atoms with Crippen molar-refractivity contribution in [2.24, 2.45) is 7.05 Å². The van der Waals surface area contributed by atoms with Crippen LogP contribution < -0.4 is 4.72 Å². The molecule has 0 unspecified atom stereocenters. The summed E-state index contributed by atoms with van der Waals surface area (Å²) in [5.74, 6) is 1.16. The first-order valence-electron chi connectivity index (χ1n) is 6.56. The van der Waals surface area contributed by atoms with Gasteiger partial charge in [-0.1, -0.05) is 23.7 Å². The van der Waals surface area contributed by atoms with Crippen LogP contribution in [0.1, 0.15) is 5.82 Å². The third-order valence-electron chi connectivity index (χ3n) is 3.06. The Kier molecular flexibility index (Phi) is 3.82. The van der Waals surface area contributed by atoms with Crippen LogP contribution in [0.25, 0.3) is 11.4 Å². The molecule has 8 nitrogen and oxygen atoms in total. The van der Waals surface area contributed by atoms with Gasteiger partial charge in [-0.05, 0) is 19.1 Å². The molecule has 0 saturated heterocycles. The Morgan fingerprint density at radius 3 is 2.74 bits per heavy atom. The maximum absolute atomic E-state index is 12.4. The quantitative estimate of drug-likeness (QED) is 0.746. The number of rotatable bonds is 4. The first kappa shape index (κ1) is 15.5. The van der Waals surface area contributed by atoms with Crippen LogP contribution in [0.4, 0.5) is 5.69 Å². The lowest BCUT2D eigenvalue weighted by atomic mass is 10.2. The van der Waals surface area contributed by atoms with E-state index in [9.17, 15) is 8.42 Å². The first-order valence-corrected chi connectivity index (χ1v) is 8.42. The zero-order valence-corrected chi connectivity index (χ0v) is 13.9. The van der Waals surface area contributed by atoms with E-state index in [4.69, 9.17) is 11.6 Å². The molecule has 23 heavy (non-hydrogen) atoms. The second kappa shape index (κ2) is 5.67. The van der Waals surface area contributed by atoms with Gasteiger partial charge in [0.15, 0.2) is 5.82 Å². The predicted octanol–water partition coefficient (Wildman–Crippen LogP) is 1.97. The van der Waals surface area contributed by atoms with Crippen LogP contribution in [0.2, 0.25) is 5.15 Å². The van der Waals surface area contributed by atoms with Crippen LogP contribution in [0.5, 0.6) is 0 Å². The molecule has 0 aliphatic heterocycles. The summed E-state index contributed by atoms with van der Waals surface area (Å²) in [7, 11) is -2.27. The smallest absolute Gasteiger partial charge is 0.282 e. The molecule has 0 aliphatic carbocycles. The summed E-state index contributed by atoms with van der Waals surface area (Å²) >= 11 is 5.95. The highest BCUT2D eigenvalue weighted by molar-refractivity contribution is 7.92. The largest absolute Gasteiger partial charge is 0.324 e. The van der Waals surface area contributed by atoms with E-state index in [1.54, 1.807) is 38.2 Å². The van der Waals surface area contributed by atoms with Gasteiger partial charge in [0.05, 0.1) is 6.33 Å². The zero-order chi connectivity index (χ0) is 16.6. The Morgan fingerprint density at radius 2 is 2.13 bits per heavy atom. The Labute approximate surface area is 137 Å². The molecule has 0 aliphatic rings. The number of aromatic nitrogens is 5. The minimum atomic E-state index is -3.88. The maximum atomic E-state index is 12.4. The van der Waals surface area contributed by atoms with E-state index in [1.165, 1.54) is 10.9 Å². The molecule has 0 bridgehead atoms. The zero-order valence-electron chi connectivity index (χ0n) is 12.3. The highest BCUT2D eigenvalue weighted by atomic mass is 35.5. The van der Waals surface area contributed by atoms with Gasteiger partial charge in [0, 0.05) is 18.3 Å². The van der Waals surface area contributed by atoms with Crippen LogP contribution in [-0.4, -0.2) is 33.2 Å². The first-order chi connectivity index (χ1) is 10.9. The molecule has 3 aromatic rings. The number of aryl methyl sites for hydroxylation is 2. The molecule has 0 saturated carbocycles. The van der Waals surface area contributed by atoms with Crippen LogP contribution in [0, 0.1) is 6.92 Å². The van der Waals surface area contributed by atoms with Gasteiger partial charge in [0.2, 0.25) is 5.03 Å². The van der Waals surface area contributed by atoms with Gasteiger partial charge >= 0.3 is 0 Å². The highest BCUT2D eigenvalue weighted by Gasteiger charge is 2.22. The van der Waals surface area contributed by atoms with Gasteiger partial charge in [-0.15, -0.1) is 0 Å². The molecular weight excluding hydrogens is 340 g/mol. The lowest BCUT2D eigenvalue weighted by Crippen LogP contribution is -2.14. The third kappa shape index (κ3) is 3.06. The average molecular weight is 353 g/mol. The summed E-state index contributed by atoms with van der Waals surface area (Å²) < 4.78 is 28.6. The van der Waals surface area contributed by atoms with Gasteiger partial charge in [0.1, 0.15) is 11.0 Å². The fraction of sp³-hybridized carbons (Fsp3) is 0.154. The number of nitrogens with zero attached hydrogens (tertiary/aromatic N) is 4. The molecule has 0 amide bonds. The van der Waals surface area contributed by atoms with Crippen LogP contribution >= 0.6 is 11.6 Å². The number of nitrogens with one attached hydrogen (secondary N) is 2. The van der Waals surface area contributed by atoms with Crippen molar-refractivity contribution in [1.29, 1.82) is 0 Å². The number of aromatic amines is 1. The fourth-order valence-electron chi connectivity index (χ4n) is 1.97. The second-order valence-electron chi connectivity index (χ2n) is 4.88. The van der Waals surface area contributed by atoms with Crippen molar-refractivity contribution in [1.82, 2.24) is 24.7 Å². The third-order valence-corrected chi connectivity index (χ3v) is 4.93.